The van der Waals surface area contributed by atoms with Gasteiger partial charge in [0.05, 0.1) is 28.6 Å². The van der Waals surface area contributed by atoms with Crippen LogP contribution in [0.1, 0.15) is 23.2 Å². The number of aromatic nitrogens is 2. The van der Waals surface area contributed by atoms with Gasteiger partial charge in [0.15, 0.2) is 0 Å². The van der Waals surface area contributed by atoms with Crippen LogP contribution < -0.4 is 0 Å². The van der Waals surface area contributed by atoms with Gasteiger partial charge in [0.25, 0.3) is 5.91 Å². The molecule has 0 radical (unpaired) electrons. The van der Waals surface area contributed by atoms with Crippen LogP contribution in [0.5, 0.6) is 0 Å². The predicted octanol–water partition coefficient (Wildman–Crippen LogP) is 2.78. The van der Waals surface area contributed by atoms with Gasteiger partial charge in [-0.2, -0.15) is 5.10 Å². The zero-order chi connectivity index (χ0) is 15.7. The monoisotopic (exact) mass is 339 g/mol. The molecule has 5 nitrogen and oxygen atoms in total. The van der Waals surface area contributed by atoms with Crippen LogP contribution in [0, 0.1) is 0 Å². The Bertz CT molecular complexity index is 694. The number of carbonyl (C=O) groups excluding carboxylic acids is 1. The molecule has 3 rings (SSSR count). The van der Waals surface area contributed by atoms with E-state index in [1.54, 1.807) is 34.0 Å². The number of hydrogen-bond donors (Lipinski definition) is 1. The number of amides is 1. The molecule has 1 aromatic heterocycles. The molecule has 1 fully saturated rings. The SMILES string of the molecule is O=C(c1cnn(-c2ccc(Cl)cc2Cl)c1)N1CCC(O)CC1. The summed E-state index contributed by atoms with van der Waals surface area (Å²) in [5.74, 6) is -0.0803. The summed E-state index contributed by atoms with van der Waals surface area (Å²) in [5.41, 5.74) is 1.17. The minimum absolute atomic E-state index is 0.0803. The van der Waals surface area contributed by atoms with Gasteiger partial charge in [-0.1, -0.05) is 23.2 Å². The molecule has 0 spiro atoms. The molecule has 0 aliphatic carbocycles. The number of rotatable bonds is 2. The van der Waals surface area contributed by atoms with E-state index in [-0.39, 0.29) is 12.0 Å². The smallest absolute Gasteiger partial charge is 0.257 e. The number of aliphatic hydroxyl groups excluding tert-OH is 1. The molecule has 0 atom stereocenters. The van der Waals surface area contributed by atoms with Crippen molar-refractivity contribution in [2.75, 3.05) is 13.1 Å². The second-order valence-electron chi connectivity index (χ2n) is 5.29. The molecule has 22 heavy (non-hydrogen) atoms. The lowest BCUT2D eigenvalue weighted by molar-refractivity contribution is 0.0546. The quantitative estimate of drug-likeness (QED) is 0.915. The maximum absolute atomic E-state index is 12.4. The summed E-state index contributed by atoms with van der Waals surface area (Å²) in [4.78, 5) is 14.2. The molecule has 2 aromatic rings. The number of carbonyl (C=O) groups is 1. The van der Waals surface area contributed by atoms with E-state index in [4.69, 9.17) is 23.2 Å². The fourth-order valence-corrected chi connectivity index (χ4v) is 2.98. The third-order valence-corrected chi connectivity index (χ3v) is 4.28. The maximum Gasteiger partial charge on any atom is 0.257 e. The number of aliphatic hydroxyl groups is 1. The zero-order valence-electron chi connectivity index (χ0n) is 11.7. The predicted molar refractivity (Wildman–Crippen MR) is 84.7 cm³/mol. The summed E-state index contributed by atoms with van der Waals surface area (Å²) in [6.07, 6.45) is 4.10. The van der Waals surface area contributed by atoms with Crippen LogP contribution >= 0.6 is 23.2 Å². The van der Waals surface area contributed by atoms with E-state index in [0.29, 0.717) is 47.2 Å². The highest BCUT2D eigenvalue weighted by Crippen LogP contribution is 2.24. The van der Waals surface area contributed by atoms with E-state index < -0.39 is 0 Å². The van der Waals surface area contributed by atoms with E-state index in [9.17, 15) is 9.90 Å². The van der Waals surface area contributed by atoms with Crippen LogP contribution in [0.15, 0.2) is 30.6 Å². The van der Waals surface area contributed by atoms with Crippen molar-refractivity contribution in [3.8, 4) is 5.69 Å². The average Bonchev–Trinajstić information content (AvgIpc) is 2.97. The van der Waals surface area contributed by atoms with Crippen LogP contribution in [0.3, 0.4) is 0 Å². The second kappa shape index (κ2) is 6.28. The molecule has 0 unspecified atom stereocenters. The molecular weight excluding hydrogens is 325 g/mol. The molecule has 1 N–H and O–H groups in total. The first kappa shape index (κ1) is 15.3. The largest absolute Gasteiger partial charge is 0.393 e. The minimum Gasteiger partial charge on any atom is -0.393 e. The van der Waals surface area contributed by atoms with Crippen molar-refractivity contribution < 1.29 is 9.90 Å². The van der Waals surface area contributed by atoms with Gasteiger partial charge >= 0.3 is 0 Å². The van der Waals surface area contributed by atoms with Gasteiger partial charge < -0.3 is 10.0 Å². The Balaban J connectivity index is 1.80. The standard InChI is InChI=1S/C15H15Cl2N3O2/c16-11-1-2-14(13(17)7-11)20-9-10(8-18-20)15(22)19-5-3-12(21)4-6-19/h1-2,7-9,12,21H,3-6H2. The highest BCUT2D eigenvalue weighted by atomic mass is 35.5. The van der Waals surface area contributed by atoms with Gasteiger partial charge in [0, 0.05) is 24.3 Å². The summed E-state index contributed by atoms with van der Waals surface area (Å²) < 4.78 is 1.56. The summed E-state index contributed by atoms with van der Waals surface area (Å²) in [7, 11) is 0. The fraction of sp³-hybridized carbons (Fsp3) is 0.333. The van der Waals surface area contributed by atoms with Gasteiger partial charge in [0.2, 0.25) is 0 Å². The number of benzene rings is 1. The lowest BCUT2D eigenvalue weighted by Gasteiger charge is -2.29. The Morgan fingerprint density at radius 3 is 2.68 bits per heavy atom. The van der Waals surface area contributed by atoms with E-state index in [1.165, 1.54) is 6.20 Å². The third kappa shape index (κ3) is 3.11. The van der Waals surface area contributed by atoms with Crippen LogP contribution in [-0.4, -0.2) is 44.9 Å². The number of nitrogens with zero attached hydrogens (tertiary/aromatic N) is 3. The number of piperidine rings is 1. The second-order valence-corrected chi connectivity index (χ2v) is 6.14. The molecule has 1 aliphatic rings. The van der Waals surface area contributed by atoms with E-state index in [1.807, 2.05) is 0 Å². The topological polar surface area (TPSA) is 58.4 Å². The zero-order valence-corrected chi connectivity index (χ0v) is 13.3. The highest BCUT2D eigenvalue weighted by Gasteiger charge is 2.23. The summed E-state index contributed by atoms with van der Waals surface area (Å²) in [6.45, 7) is 1.12. The van der Waals surface area contributed by atoms with Crippen LogP contribution in [0.4, 0.5) is 0 Å². The Morgan fingerprint density at radius 1 is 1.27 bits per heavy atom. The summed E-state index contributed by atoms with van der Waals surface area (Å²) >= 11 is 12.0. The van der Waals surface area contributed by atoms with E-state index >= 15 is 0 Å². The first-order chi connectivity index (χ1) is 10.5. The first-order valence-electron chi connectivity index (χ1n) is 7.02. The van der Waals surface area contributed by atoms with E-state index in [2.05, 4.69) is 5.10 Å². The van der Waals surface area contributed by atoms with Crippen LogP contribution in [0.25, 0.3) is 5.69 Å². The van der Waals surface area contributed by atoms with Crippen LogP contribution in [-0.2, 0) is 0 Å². The Labute approximate surface area is 138 Å². The average molecular weight is 340 g/mol. The molecule has 7 heteroatoms. The highest BCUT2D eigenvalue weighted by molar-refractivity contribution is 6.35. The van der Waals surface area contributed by atoms with Gasteiger partial charge in [-0.05, 0) is 31.0 Å². The summed E-state index contributed by atoms with van der Waals surface area (Å²) in [6, 6.07) is 5.11. The Hall–Kier alpha value is -1.56. The molecular formula is C15H15Cl2N3O2. The van der Waals surface area contributed by atoms with Crippen molar-refractivity contribution in [3.05, 3.63) is 46.2 Å². The van der Waals surface area contributed by atoms with Crippen LogP contribution in [0.2, 0.25) is 10.0 Å². The molecule has 1 amide bonds. The maximum atomic E-state index is 12.4. The molecule has 1 saturated heterocycles. The molecule has 116 valence electrons. The fourth-order valence-electron chi connectivity index (χ4n) is 2.48. The van der Waals surface area contributed by atoms with Crippen molar-refractivity contribution in [2.45, 2.75) is 18.9 Å². The van der Waals surface area contributed by atoms with Gasteiger partial charge in [0.1, 0.15) is 0 Å². The van der Waals surface area contributed by atoms with Gasteiger partial charge in [-0.3, -0.25) is 4.79 Å². The number of likely N-dealkylation sites (tertiary alicyclic amines) is 1. The van der Waals surface area contributed by atoms with Crippen molar-refractivity contribution in [3.63, 3.8) is 0 Å². The van der Waals surface area contributed by atoms with Crippen molar-refractivity contribution >= 4 is 29.1 Å². The molecule has 1 aromatic carbocycles. The van der Waals surface area contributed by atoms with Crippen molar-refractivity contribution in [1.29, 1.82) is 0 Å². The Kier molecular flexibility index (Phi) is 4.38. The van der Waals surface area contributed by atoms with Crippen molar-refractivity contribution in [2.24, 2.45) is 0 Å². The lowest BCUT2D eigenvalue weighted by atomic mass is 10.1. The van der Waals surface area contributed by atoms with E-state index in [0.717, 1.165) is 0 Å². The first-order valence-corrected chi connectivity index (χ1v) is 7.77. The lowest BCUT2D eigenvalue weighted by Crippen LogP contribution is -2.39. The molecule has 0 saturated carbocycles. The number of halogens is 2. The Morgan fingerprint density at radius 2 is 2.00 bits per heavy atom. The molecule has 0 bridgehead atoms. The molecule has 2 heterocycles. The van der Waals surface area contributed by atoms with Gasteiger partial charge in [-0.25, -0.2) is 4.68 Å². The summed E-state index contributed by atoms with van der Waals surface area (Å²) in [5, 5.41) is 14.7. The van der Waals surface area contributed by atoms with Gasteiger partial charge in [-0.15, -0.1) is 0 Å². The normalized spacial score (nSPS) is 16.0. The minimum atomic E-state index is -0.306. The third-order valence-electron chi connectivity index (χ3n) is 3.74. The molecule has 1 aliphatic heterocycles. The van der Waals surface area contributed by atoms with Crippen molar-refractivity contribution in [1.82, 2.24) is 14.7 Å². The number of hydrogen-bond acceptors (Lipinski definition) is 3.